The molecule has 2 aliphatic rings. The van der Waals surface area contributed by atoms with Crippen LogP contribution in [0, 0.1) is 0 Å². The van der Waals surface area contributed by atoms with Gasteiger partial charge in [0.25, 0.3) is 0 Å². The molecule has 2 N–H and O–H groups in total. The first kappa shape index (κ1) is 20.6. The van der Waals surface area contributed by atoms with Crippen molar-refractivity contribution in [3.63, 3.8) is 0 Å². The largest absolute Gasteiger partial charge is 0.454 e. The minimum atomic E-state index is 0. The third-order valence-corrected chi connectivity index (χ3v) is 4.24. The Morgan fingerprint density at radius 2 is 2.08 bits per heavy atom. The SMILES string of the molecule is CN=C(NCCCC(=O)NC1CC1)N(C)Cc1ccc2c(c1)OCO2.I. The second kappa shape index (κ2) is 9.84. The van der Waals surface area contributed by atoms with E-state index in [1.807, 2.05) is 30.1 Å². The number of carbonyl (C=O) groups excluding carboxylic acids is 1. The smallest absolute Gasteiger partial charge is 0.231 e. The summed E-state index contributed by atoms with van der Waals surface area (Å²) in [5, 5.41) is 6.31. The van der Waals surface area contributed by atoms with Gasteiger partial charge in [0.05, 0.1) is 0 Å². The number of fused-ring (bicyclic) bond motifs is 1. The van der Waals surface area contributed by atoms with Crippen molar-refractivity contribution < 1.29 is 14.3 Å². The van der Waals surface area contributed by atoms with E-state index in [1.165, 1.54) is 0 Å². The maximum absolute atomic E-state index is 11.7. The van der Waals surface area contributed by atoms with Gasteiger partial charge in [0.1, 0.15) is 0 Å². The van der Waals surface area contributed by atoms with Crippen LogP contribution in [0.1, 0.15) is 31.2 Å². The summed E-state index contributed by atoms with van der Waals surface area (Å²) in [6.45, 7) is 1.71. The van der Waals surface area contributed by atoms with E-state index >= 15 is 0 Å². The number of rotatable bonds is 7. The number of carbonyl (C=O) groups is 1. The number of amides is 1. The number of ether oxygens (including phenoxy) is 2. The quantitative estimate of drug-likeness (QED) is 0.274. The Morgan fingerprint density at radius 1 is 1.31 bits per heavy atom. The number of guanidine groups is 1. The molecule has 1 heterocycles. The highest BCUT2D eigenvalue weighted by molar-refractivity contribution is 14.0. The second-order valence-electron chi connectivity index (χ2n) is 6.46. The minimum absolute atomic E-state index is 0. The molecule has 7 nitrogen and oxygen atoms in total. The third kappa shape index (κ3) is 5.93. The average molecular weight is 474 g/mol. The molecule has 0 bridgehead atoms. The lowest BCUT2D eigenvalue weighted by molar-refractivity contribution is -0.121. The van der Waals surface area contributed by atoms with Crippen molar-refractivity contribution in [3.8, 4) is 11.5 Å². The zero-order valence-electron chi connectivity index (χ0n) is 15.3. The molecule has 1 aliphatic carbocycles. The molecule has 8 heteroatoms. The lowest BCUT2D eigenvalue weighted by Gasteiger charge is -2.22. The van der Waals surface area contributed by atoms with Crippen LogP contribution in [-0.2, 0) is 11.3 Å². The Kier molecular flexibility index (Phi) is 7.80. The Bertz CT molecular complexity index is 649. The van der Waals surface area contributed by atoms with Crippen LogP contribution >= 0.6 is 24.0 Å². The number of benzene rings is 1. The summed E-state index contributed by atoms with van der Waals surface area (Å²) in [4.78, 5) is 18.0. The Hall–Kier alpha value is -1.71. The van der Waals surface area contributed by atoms with Crippen molar-refractivity contribution in [2.75, 3.05) is 27.4 Å². The highest BCUT2D eigenvalue weighted by Gasteiger charge is 2.22. The molecule has 144 valence electrons. The van der Waals surface area contributed by atoms with E-state index in [0.717, 1.165) is 48.8 Å². The van der Waals surface area contributed by atoms with Gasteiger partial charge < -0.3 is 25.0 Å². The van der Waals surface area contributed by atoms with E-state index in [0.29, 0.717) is 19.0 Å². The van der Waals surface area contributed by atoms with Crippen LogP contribution in [0.2, 0.25) is 0 Å². The number of nitrogens with one attached hydrogen (secondary N) is 2. The van der Waals surface area contributed by atoms with Gasteiger partial charge in [-0.3, -0.25) is 9.79 Å². The Balaban J connectivity index is 0.00000243. The average Bonchev–Trinajstić information content (AvgIpc) is 3.28. The number of hydrogen-bond acceptors (Lipinski definition) is 4. The van der Waals surface area contributed by atoms with Crippen LogP contribution in [0.5, 0.6) is 11.5 Å². The fourth-order valence-corrected chi connectivity index (χ4v) is 2.75. The number of nitrogens with zero attached hydrogens (tertiary/aromatic N) is 2. The molecular weight excluding hydrogens is 447 g/mol. The highest BCUT2D eigenvalue weighted by Crippen LogP contribution is 2.32. The molecule has 0 radical (unpaired) electrons. The van der Waals surface area contributed by atoms with E-state index in [2.05, 4.69) is 15.6 Å². The van der Waals surface area contributed by atoms with Gasteiger partial charge in [-0.15, -0.1) is 24.0 Å². The maximum Gasteiger partial charge on any atom is 0.231 e. The summed E-state index contributed by atoms with van der Waals surface area (Å²) in [5.41, 5.74) is 1.12. The molecular formula is C18H27IN4O3. The monoisotopic (exact) mass is 474 g/mol. The molecule has 0 atom stereocenters. The minimum Gasteiger partial charge on any atom is -0.454 e. The molecule has 1 amide bonds. The van der Waals surface area contributed by atoms with Crippen molar-refractivity contribution in [1.82, 2.24) is 15.5 Å². The summed E-state index contributed by atoms with van der Waals surface area (Å²) in [6.07, 6.45) is 3.59. The first-order valence-corrected chi connectivity index (χ1v) is 8.75. The van der Waals surface area contributed by atoms with E-state index in [9.17, 15) is 4.79 Å². The lowest BCUT2D eigenvalue weighted by Crippen LogP contribution is -2.39. The zero-order chi connectivity index (χ0) is 17.6. The molecule has 0 aromatic heterocycles. The van der Waals surface area contributed by atoms with E-state index in [-0.39, 0.29) is 36.7 Å². The summed E-state index contributed by atoms with van der Waals surface area (Å²) in [7, 11) is 3.75. The molecule has 0 saturated heterocycles. The first-order chi connectivity index (χ1) is 12.2. The van der Waals surface area contributed by atoms with Crippen LogP contribution < -0.4 is 20.1 Å². The van der Waals surface area contributed by atoms with Gasteiger partial charge in [0.2, 0.25) is 12.7 Å². The van der Waals surface area contributed by atoms with Crippen molar-refractivity contribution in [2.24, 2.45) is 4.99 Å². The highest BCUT2D eigenvalue weighted by atomic mass is 127. The van der Waals surface area contributed by atoms with Gasteiger partial charge >= 0.3 is 0 Å². The molecule has 0 spiro atoms. The number of aliphatic imine (C=N–C) groups is 1. The fourth-order valence-electron chi connectivity index (χ4n) is 2.75. The van der Waals surface area contributed by atoms with Crippen molar-refractivity contribution >= 4 is 35.8 Å². The molecule has 3 rings (SSSR count). The predicted molar refractivity (Wildman–Crippen MR) is 111 cm³/mol. The van der Waals surface area contributed by atoms with Gasteiger partial charge in [-0.1, -0.05) is 6.07 Å². The topological polar surface area (TPSA) is 75.2 Å². The van der Waals surface area contributed by atoms with E-state index in [1.54, 1.807) is 7.05 Å². The zero-order valence-corrected chi connectivity index (χ0v) is 17.6. The van der Waals surface area contributed by atoms with Gasteiger partial charge in [0.15, 0.2) is 17.5 Å². The van der Waals surface area contributed by atoms with Crippen LogP contribution in [0.25, 0.3) is 0 Å². The normalized spacial score (nSPS) is 15.2. The third-order valence-electron chi connectivity index (χ3n) is 4.24. The van der Waals surface area contributed by atoms with Crippen LogP contribution in [-0.4, -0.2) is 50.2 Å². The molecule has 0 unspecified atom stereocenters. The standard InChI is InChI=1S/C18H26N4O3.HI/c1-19-18(20-9-3-4-17(23)21-14-6-7-14)22(2)11-13-5-8-15-16(10-13)25-12-24-15;/h5,8,10,14H,3-4,6-7,9,11-12H2,1-2H3,(H,19,20)(H,21,23);1H. The first-order valence-electron chi connectivity index (χ1n) is 8.75. The van der Waals surface area contributed by atoms with Crippen LogP contribution in [0.15, 0.2) is 23.2 Å². The predicted octanol–water partition coefficient (Wildman–Crippen LogP) is 2.10. The molecule has 1 aliphatic heterocycles. The summed E-state index contributed by atoms with van der Waals surface area (Å²) in [6, 6.07) is 6.38. The van der Waals surface area contributed by atoms with Crippen molar-refractivity contribution in [2.45, 2.75) is 38.3 Å². The van der Waals surface area contributed by atoms with Crippen molar-refractivity contribution in [3.05, 3.63) is 23.8 Å². The summed E-state index contributed by atoms with van der Waals surface area (Å²) < 4.78 is 10.8. The molecule has 1 saturated carbocycles. The van der Waals surface area contributed by atoms with Crippen molar-refractivity contribution in [1.29, 1.82) is 0 Å². The van der Waals surface area contributed by atoms with Gasteiger partial charge in [-0.05, 0) is 37.0 Å². The van der Waals surface area contributed by atoms with Gasteiger partial charge in [-0.2, -0.15) is 0 Å². The number of halogens is 1. The maximum atomic E-state index is 11.7. The summed E-state index contributed by atoms with van der Waals surface area (Å²) in [5.74, 6) is 2.53. The molecule has 26 heavy (non-hydrogen) atoms. The molecule has 1 aromatic rings. The van der Waals surface area contributed by atoms with Crippen LogP contribution in [0.3, 0.4) is 0 Å². The Labute approximate surface area is 171 Å². The number of hydrogen-bond donors (Lipinski definition) is 2. The van der Waals surface area contributed by atoms with E-state index in [4.69, 9.17) is 9.47 Å². The van der Waals surface area contributed by atoms with Gasteiger partial charge in [-0.25, -0.2) is 0 Å². The summed E-state index contributed by atoms with van der Waals surface area (Å²) >= 11 is 0. The molecule has 1 fully saturated rings. The lowest BCUT2D eigenvalue weighted by atomic mass is 10.2. The molecule has 1 aromatic carbocycles. The van der Waals surface area contributed by atoms with Gasteiger partial charge in [0, 0.05) is 39.6 Å². The fraction of sp³-hybridized carbons (Fsp3) is 0.556. The van der Waals surface area contributed by atoms with Crippen LogP contribution in [0.4, 0.5) is 0 Å². The van der Waals surface area contributed by atoms with E-state index < -0.39 is 0 Å². The Morgan fingerprint density at radius 3 is 2.81 bits per heavy atom. The second-order valence-corrected chi connectivity index (χ2v) is 6.46.